The highest BCUT2D eigenvalue weighted by molar-refractivity contribution is 6.76. The zero-order valence-corrected chi connectivity index (χ0v) is 16.0. The number of piperazine rings is 1. The molecule has 1 saturated heterocycles. The summed E-state index contributed by atoms with van der Waals surface area (Å²) in [7, 11) is 0. The Morgan fingerprint density at radius 1 is 1.17 bits per heavy atom. The van der Waals surface area contributed by atoms with Gasteiger partial charge in [-0.3, -0.25) is 9.59 Å². The lowest BCUT2D eigenvalue weighted by Crippen LogP contribution is -2.48. The fraction of sp³-hybridized carbons (Fsp3) is 0.467. The third-order valence-electron chi connectivity index (χ3n) is 3.74. The molecule has 24 heavy (non-hydrogen) atoms. The largest absolute Gasteiger partial charge is 0.367 e. The molecule has 9 heteroatoms. The molecule has 2 amide bonds. The molecule has 2 rings (SSSR count). The first kappa shape index (κ1) is 19.4. The monoisotopic (exact) mass is 411 g/mol. The van der Waals surface area contributed by atoms with Gasteiger partial charge in [-0.05, 0) is 18.2 Å². The van der Waals surface area contributed by atoms with E-state index in [0.717, 1.165) is 5.69 Å². The first-order chi connectivity index (χ1) is 11.2. The van der Waals surface area contributed by atoms with Gasteiger partial charge >= 0.3 is 0 Å². The smallest absolute Gasteiger partial charge is 0.276 e. The lowest BCUT2D eigenvalue weighted by molar-refractivity contribution is -0.131. The first-order valence-corrected chi connectivity index (χ1v) is 8.94. The van der Waals surface area contributed by atoms with Crippen molar-refractivity contribution in [2.24, 2.45) is 0 Å². The standard InChI is InChI=1S/C15H17Cl4N3O2/c1-2-13(23)22-7-5-21(6-8-22)12-4-3-10(9-11(12)16)20-14(24)15(17,18)19/h3-4,9H,2,5-8H2,1H3,(H,20,24). The van der Waals surface area contributed by atoms with Crippen molar-refractivity contribution in [3.8, 4) is 0 Å². The van der Waals surface area contributed by atoms with Gasteiger partial charge in [0.15, 0.2) is 0 Å². The van der Waals surface area contributed by atoms with Crippen LogP contribution in [0.1, 0.15) is 13.3 Å². The molecule has 0 saturated carbocycles. The number of nitrogens with zero attached hydrogens (tertiary/aromatic N) is 2. The van der Waals surface area contributed by atoms with E-state index < -0.39 is 9.70 Å². The molecule has 1 aliphatic rings. The molecule has 1 aromatic rings. The first-order valence-electron chi connectivity index (χ1n) is 7.42. The van der Waals surface area contributed by atoms with Crippen molar-refractivity contribution in [2.45, 2.75) is 17.1 Å². The molecule has 0 spiro atoms. The Hall–Kier alpha value is -0.880. The molecular formula is C15H17Cl4N3O2. The number of amides is 2. The second kappa shape index (κ2) is 8.00. The van der Waals surface area contributed by atoms with Gasteiger partial charge in [0.25, 0.3) is 9.70 Å². The number of hydrogen-bond acceptors (Lipinski definition) is 3. The van der Waals surface area contributed by atoms with Gasteiger partial charge in [0.2, 0.25) is 5.91 Å². The van der Waals surface area contributed by atoms with Gasteiger partial charge in [-0.2, -0.15) is 0 Å². The van der Waals surface area contributed by atoms with Crippen molar-refractivity contribution in [3.05, 3.63) is 23.2 Å². The molecule has 5 nitrogen and oxygen atoms in total. The van der Waals surface area contributed by atoms with Crippen LogP contribution in [0.4, 0.5) is 11.4 Å². The number of carbonyl (C=O) groups is 2. The van der Waals surface area contributed by atoms with Gasteiger partial charge in [-0.25, -0.2) is 0 Å². The maximum absolute atomic E-state index is 11.7. The predicted octanol–water partition coefficient (Wildman–Crippen LogP) is 3.71. The average molecular weight is 413 g/mol. The van der Waals surface area contributed by atoms with Crippen LogP contribution >= 0.6 is 46.4 Å². The summed E-state index contributed by atoms with van der Waals surface area (Å²) in [5.74, 6) is -0.589. The van der Waals surface area contributed by atoms with E-state index in [1.54, 1.807) is 18.2 Å². The third-order valence-corrected chi connectivity index (χ3v) is 4.56. The van der Waals surface area contributed by atoms with Crippen LogP contribution in [0.3, 0.4) is 0 Å². The van der Waals surface area contributed by atoms with E-state index in [1.165, 1.54) is 0 Å². The fourth-order valence-corrected chi connectivity index (χ4v) is 2.91. The molecule has 1 heterocycles. The van der Waals surface area contributed by atoms with Crippen LogP contribution in [0, 0.1) is 0 Å². The molecule has 0 unspecified atom stereocenters. The Kier molecular flexibility index (Phi) is 6.48. The zero-order chi connectivity index (χ0) is 17.9. The molecule has 0 radical (unpaired) electrons. The SMILES string of the molecule is CCC(=O)N1CCN(c2ccc(NC(=O)C(Cl)(Cl)Cl)cc2Cl)CC1. The van der Waals surface area contributed by atoms with Gasteiger partial charge in [0, 0.05) is 38.3 Å². The molecular weight excluding hydrogens is 396 g/mol. The molecule has 0 atom stereocenters. The average Bonchev–Trinajstić information content (AvgIpc) is 2.53. The summed E-state index contributed by atoms with van der Waals surface area (Å²) in [6.07, 6.45) is 0.512. The van der Waals surface area contributed by atoms with Crippen LogP contribution in [0.2, 0.25) is 5.02 Å². The number of carbonyl (C=O) groups excluding carboxylic acids is 2. The normalized spacial score (nSPS) is 15.4. The highest BCUT2D eigenvalue weighted by Gasteiger charge is 2.30. The minimum atomic E-state index is -2.03. The Balaban J connectivity index is 2.03. The van der Waals surface area contributed by atoms with Gasteiger partial charge in [-0.15, -0.1) is 0 Å². The van der Waals surface area contributed by atoms with Gasteiger partial charge in [0.1, 0.15) is 0 Å². The van der Waals surface area contributed by atoms with Crippen molar-refractivity contribution >= 4 is 69.6 Å². The van der Waals surface area contributed by atoms with E-state index in [4.69, 9.17) is 46.4 Å². The number of alkyl halides is 3. The van der Waals surface area contributed by atoms with Crippen LogP contribution in [0.25, 0.3) is 0 Å². The van der Waals surface area contributed by atoms with Gasteiger partial charge < -0.3 is 15.1 Å². The highest BCUT2D eigenvalue weighted by atomic mass is 35.6. The molecule has 132 valence electrons. The van der Waals surface area contributed by atoms with Crippen LogP contribution in [0.5, 0.6) is 0 Å². The number of hydrogen-bond donors (Lipinski definition) is 1. The summed E-state index contributed by atoms with van der Waals surface area (Å²) < 4.78 is -2.03. The minimum absolute atomic E-state index is 0.158. The number of halogens is 4. The summed E-state index contributed by atoms with van der Waals surface area (Å²) >= 11 is 22.9. The Labute approximate surface area is 160 Å². The summed E-state index contributed by atoms with van der Waals surface area (Å²) in [5, 5.41) is 2.97. The zero-order valence-electron chi connectivity index (χ0n) is 13.0. The Bertz CT molecular complexity index is 626. The Morgan fingerprint density at radius 2 is 1.79 bits per heavy atom. The maximum Gasteiger partial charge on any atom is 0.276 e. The third kappa shape index (κ3) is 4.82. The second-order valence-corrected chi connectivity index (χ2v) is 8.03. The highest BCUT2D eigenvalue weighted by Crippen LogP contribution is 2.32. The second-order valence-electron chi connectivity index (χ2n) is 5.34. The van der Waals surface area contributed by atoms with Crippen LogP contribution in [-0.4, -0.2) is 46.7 Å². The summed E-state index contributed by atoms with van der Waals surface area (Å²) in [5.41, 5.74) is 1.28. The van der Waals surface area contributed by atoms with Crippen LogP contribution in [-0.2, 0) is 9.59 Å². The molecule has 0 bridgehead atoms. The van der Waals surface area contributed by atoms with Gasteiger partial charge in [0.05, 0.1) is 10.7 Å². The summed E-state index contributed by atoms with van der Waals surface area (Å²) in [4.78, 5) is 27.3. The minimum Gasteiger partial charge on any atom is -0.367 e. The van der Waals surface area contributed by atoms with E-state index in [2.05, 4.69) is 10.2 Å². The van der Waals surface area contributed by atoms with Crippen molar-refractivity contribution in [3.63, 3.8) is 0 Å². The van der Waals surface area contributed by atoms with Crippen LogP contribution in [0.15, 0.2) is 18.2 Å². The topological polar surface area (TPSA) is 52.7 Å². The predicted molar refractivity (Wildman–Crippen MR) is 99.5 cm³/mol. The van der Waals surface area contributed by atoms with E-state index in [9.17, 15) is 9.59 Å². The number of anilines is 2. The molecule has 1 aromatic carbocycles. The number of rotatable bonds is 3. The number of nitrogens with one attached hydrogen (secondary N) is 1. The van der Waals surface area contributed by atoms with Crippen molar-refractivity contribution in [2.75, 3.05) is 36.4 Å². The van der Waals surface area contributed by atoms with E-state index >= 15 is 0 Å². The lowest BCUT2D eigenvalue weighted by atomic mass is 10.2. The van der Waals surface area contributed by atoms with Crippen molar-refractivity contribution < 1.29 is 9.59 Å². The summed E-state index contributed by atoms with van der Waals surface area (Å²) in [6.45, 7) is 4.58. The van der Waals surface area contributed by atoms with E-state index in [0.29, 0.717) is 43.3 Å². The maximum atomic E-state index is 11.7. The van der Waals surface area contributed by atoms with Gasteiger partial charge in [-0.1, -0.05) is 53.3 Å². The molecule has 1 aliphatic heterocycles. The van der Waals surface area contributed by atoms with Crippen molar-refractivity contribution in [1.29, 1.82) is 0 Å². The summed E-state index contributed by atoms with van der Waals surface area (Å²) in [6, 6.07) is 5.10. The molecule has 0 aliphatic carbocycles. The number of benzene rings is 1. The quantitative estimate of drug-likeness (QED) is 0.770. The molecule has 1 fully saturated rings. The van der Waals surface area contributed by atoms with E-state index in [1.807, 2.05) is 11.8 Å². The fourth-order valence-electron chi connectivity index (χ4n) is 2.46. The molecule has 1 N–H and O–H groups in total. The van der Waals surface area contributed by atoms with Crippen molar-refractivity contribution in [1.82, 2.24) is 4.90 Å². The molecule has 0 aromatic heterocycles. The van der Waals surface area contributed by atoms with Crippen LogP contribution < -0.4 is 10.2 Å². The van der Waals surface area contributed by atoms with E-state index in [-0.39, 0.29) is 5.91 Å². The lowest BCUT2D eigenvalue weighted by Gasteiger charge is -2.36. The Morgan fingerprint density at radius 3 is 2.29 bits per heavy atom.